The first-order valence-electron chi connectivity index (χ1n) is 5.56. The minimum Gasteiger partial charge on any atom is -0.367 e. The van der Waals surface area contributed by atoms with Gasteiger partial charge in [-0.2, -0.15) is 13.2 Å². The molecule has 1 aromatic heterocycles. The van der Waals surface area contributed by atoms with E-state index in [1.54, 1.807) is 0 Å². The minimum absolute atomic E-state index is 0. The van der Waals surface area contributed by atoms with Crippen LogP contribution in [-0.2, 0) is 6.18 Å². The highest BCUT2D eigenvalue weighted by Gasteiger charge is 2.30. The predicted molar refractivity (Wildman–Crippen MR) is 66.0 cm³/mol. The summed E-state index contributed by atoms with van der Waals surface area (Å²) in [7, 11) is 0. The maximum Gasteiger partial charge on any atom is 0.417 e. The first-order chi connectivity index (χ1) is 8.05. The molecule has 18 heavy (non-hydrogen) atoms. The first-order valence-corrected chi connectivity index (χ1v) is 5.56. The van der Waals surface area contributed by atoms with Crippen LogP contribution in [-0.4, -0.2) is 24.1 Å². The summed E-state index contributed by atoms with van der Waals surface area (Å²) in [6.07, 6.45) is -1.53. The van der Waals surface area contributed by atoms with Crippen LogP contribution in [0.1, 0.15) is 18.4 Å². The zero-order valence-corrected chi connectivity index (χ0v) is 10.4. The number of anilines is 1. The molecule has 0 aromatic carbocycles. The van der Waals surface area contributed by atoms with Gasteiger partial charge in [0.25, 0.3) is 0 Å². The van der Waals surface area contributed by atoms with Gasteiger partial charge in [-0.25, -0.2) is 4.98 Å². The first kappa shape index (κ1) is 15.0. The Bertz CT molecular complexity index is 361. The van der Waals surface area contributed by atoms with Gasteiger partial charge in [-0.3, -0.25) is 0 Å². The second-order valence-corrected chi connectivity index (χ2v) is 4.10. The normalized spacial score (nSPS) is 17.1. The van der Waals surface area contributed by atoms with Crippen molar-refractivity contribution in [3.63, 3.8) is 0 Å². The predicted octanol–water partition coefficient (Wildman–Crippen LogP) is 2.69. The van der Waals surface area contributed by atoms with Gasteiger partial charge in [-0.05, 0) is 38.1 Å². The summed E-state index contributed by atoms with van der Waals surface area (Å²) in [5.41, 5.74) is -0.714. The van der Waals surface area contributed by atoms with Crippen LogP contribution in [0.25, 0.3) is 0 Å². The molecule has 0 aliphatic carbocycles. The van der Waals surface area contributed by atoms with E-state index in [1.165, 1.54) is 6.07 Å². The van der Waals surface area contributed by atoms with E-state index in [1.807, 2.05) is 0 Å². The number of nitrogens with one attached hydrogen (secondary N) is 2. The number of alkyl halides is 3. The van der Waals surface area contributed by atoms with E-state index in [-0.39, 0.29) is 12.4 Å². The average Bonchev–Trinajstić information content (AvgIpc) is 2.30. The summed E-state index contributed by atoms with van der Waals surface area (Å²) in [6, 6.07) is 2.72. The van der Waals surface area contributed by atoms with E-state index in [0.717, 1.165) is 38.2 Å². The van der Waals surface area contributed by atoms with Gasteiger partial charge in [-0.15, -0.1) is 12.4 Å². The van der Waals surface area contributed by atoms with Gasteiger partial charge in [0.05, 0.1) is 5.56 Å². The highest BCUT2D eigenvalue weighted by Crippen LogP contribution is 2.29. The van der Waals surface area contributed by atoms with Gasteiger partial charge in [0, 0.05) is 12.2 Å². The molecule has 0 bridgehead atoms. The zero-order chi connectivity index (χ0) is 12.3. The van der Waals surface area contributed by atoms with Gasteiger partial charge in [0.1, 0.15) is 5.82 Å². The number of hydrogen-bond donors (Lipinski definition) is 2. The second-order valence-electron chi connectivity index (χ2n) is 4.10. The molecule has 7 heteroatoms. The molecule has 102 valence electrons. The maximum absolute atomic E-state index is 12.3. The van der Waals surface area contributed by atoms with Crippen molar-refractivity contribution in [2.75, 3.05) is 18.4 Å². The van der Waals surface area contributed by atoms with Crippen LogP contribution in [0.4, 0.5) is 19.0 Å². The Morgan fingerprint density at radius 2 is 1.89 bits per heavy atom. The summed E-state index contributed by atoms with van der Waals surface area (Å²) in [5.74, 6) is 0.505. The summed E-state index contributed by atoms with van der Waals surface area (Å²) < 4.78 is 36.9. The smallest absolute Gasteiger partial charge is 0.367 e. The Kier molecular flexibility index (Phi) is 5.22. The largest absolute Gasteiger partial charge is 0.417 e. The van der Waals surface area contributed by atoms with E-state index in [0.29, 0.717) is 11.9 Å². The highest BCUT2D eigenvalue weighted by atomic mass is 35.5. The Morgan fingerprint density at radius 3 is 2.39 bits per heavy atom. The number of aromatic nitrogens is 1. The van der Waals surface area contributed by atoms with Crippen LogP contribution in [0, 0.1) is 0 Å². The molecule has 0 unspecified atom stereocenters. The van der Waals surface area contributed by atoms with E-state index in [9.17, 15) is 13.2 Å². The molecule has 0 atom stereocenters. The van der Waals surface area contributed by atoms with Crippen molar-refractivity contribution in [1.82, 2.24) is 10.3 Å². The molecule has 1 aromatic rings. The quantitative estimate of drug-likeness (QED) is 0.875. The average molecular weight is 282 g/mol. The van der Waals surface area contributed by atoms with Crippen molar-refractivity contribution < 1.29 is 13.2 Å². The van der Waals surface area contributed by atoms with Gasteiger partial charge in [0.2, 0.25) is 0 Å². The molecule has 2 heterocycles. The lowest BCUT2D eigenvalue weighted by atomic mass is 10.1. The molecule has 0 saturated carbocycles. The Labute approximate surface area is 110 Å². The summed E-state index contributed by atoms with van der Waals surface area (Å²) in [6.45, 7) is 1.86. The molecule has 0 spiro atoms. The summed E-state index contributed by atoms with van der Waals surface area (Å²) in [4.78, 5) is 3.79. The molecule has 2 N–H and O–H groups in total. The third-order valence-corrected chi connectivity index (χ3v) is 2.78. The van der Waals surface area contributed by atoms with Crippen molar-refractivity contribution in [1.29, 1.82) is 0 Å². The van der Waals surface area contributed by atoms with Gasteiger partial charge in [0.15, 0.2) is 0 Å². The van der Waals surface area contributed by atoms with Crippen LogP contribution in [0.2, 0.25) is 0 Å². The molecule has 2 rings (SSSR count). The topological polar surface area (TPSA) is 37.0 Å². The standard InChI is InChI=1S/C11H14F3N3.ClH/c12-11(13,14)8-1-2-10(16-7-8)17-9-3-5-15-6-4-9;/h1-2,7,9,15H,3-6H2,(H,16,17);1H. The second kappa shape index (κ2) is 6.24. The molecule has 3 nitrogen and oxygen atoms in total. The number of pyridine rings is 1. The van der Waals surface area contributed by atoms with E-state index in [2.05, 4.69) is 15.6 Å². The van der Waals surface area contributed by atoms with Gasteiger partial charge < -0.3 is 10.6 Å². The van der Waals surface area contributed by atoms with Crippen LogP contribution >= 0.6 is 12.4 Å². The fraction of sp³-hybridized carbons (Fsp3) is 0.545. The molecule has 1 aliphatic rings. The fourth-order valence-corrected chi connectivity index (χ4v) is 1.82. The Hall–Kier alpha value is -1.01. The van der Waals surface area contributed by atoms with Crippen LogP contribution < -0.4 is 10.6 Å². The lowest BCUT2D eigenvalue weighted by molar-refractivity contribution is -0.137. The number of rotatable bonds is 2. The fourth-order valence-electron chi connectivity index (χ4n) is 1.82. The van der Waals surface area contributed by atoms with E-state index >= 15 is 0 Å². The molecule has 0 radical (unpaired) electrons. The molecular weight excluding hydrogens is 267 g/mol. The monoisotopic (exact) mass is 281 g/mol. The molecule has 1 aliphatic heterocycles. The van der Waals surface area contributed by atoms with Crippen molar-refractivity contribution in [3.05, 3.63) is 23.9 Å². The van der Waals surface area contributed by atoms with Gasteiger partial charge >= 0.3 is 6.18 Å². The van der Waals surface area contributed by atoms with Crippen LogP contribution in [0.15, 0.2) is 18.3 Å². The summed E-state index contributed by atoms with van der Waals surface area (Å²) in [5, 5.41) is 6.36. The van der Waals surface area contributed by atoms with Crippen molar-refractivity contribution >= 4 is 18.2 Å². The zero-order valence-electron chi connectivity index (χ0n) is 9.63. The number of halogens is 4. The molecule has 0 amide bonds. The molecular formula is C11H15ClF3N3. The lowest BCUT2D eigenvalue weighted by Gasteiger charge is -2.24. The van der Waals surface area contributed by atoms with Crippen molar-refractivity contribution in [3.8, 4) is 0 Å². The van der Waals surface area contributed by atoms with Crippen molar-refractivity contribution in [2.24, 2.45) is 0 Å². The highest BCUT2D eigenvalue weighted by molar-refractivity contribution is 5.85. The van der Waals surface area contributed by atoms with Crippen molar-refractivity contribution in [2.45, 2.75) is 25.1 Å². The SMILES string of the molecule is Cl.FC(F)(F)c1ccc(NC2CCNCC2)nc1. The minimum atomic E-state index is -4.32. The number of nitrogens with zero attached hydrogens (tertiary/aromatic N) is 1. The number of hydrogen-bond acceptors (Lipinski definition) is 3. The summed E-state index contributed by atoms with van der Waals surface area (Å²) >= 11 is 0. The van der Waals surface area contributed by atoms with E-state index in [4.69, 9.17) is 0 Å². The Morgan fingerprint density at radius 1 is 1.22 bits per heavy atom. The molecule has 1 fully saturated rings. The lowest BCUT2D eigenvalue weighted by Crippen LogP contribution is -2.35. The van der Waals surface area contributed by atoms with E-state index < -0.39 is 11.7 Å². The molecule has 1 saturated heterocycles. The Balaban J connectivity index is 0.00000162. The number of piperidine rings is 1. The van der Waals surface area contributed by atoms with Crippen LogP contribution in [0.5, 0.6) is 0 Å². The van der Waals surface area contributed by atoms with Crippen LogP contribution in [0.3, 0.4) is 0 Å². The third-order valence-electron chi connectivity index (χ3n) is 2.78. The third kappa shape index (κ3) is 4.03. The maximum atomic E-state index is 12.3. The van der Waals surface area contributed by atoms with Gasteiger partial charge in [-0.1, -0.05) is 0 Å².